The van der Waals surface area contributed by atoms with Gasteiger partial charge in [-0.3, -0.25) is 4.79 Å². The number of carbonyl (C=O) groups excluding carboxylic acids is 2. The van der Waals surface area contributed by atoms with E-state index in [4.69, 9.17) is 4.74 Å². The molecule has 1 aromatic carbocycles. The highest BCUT2D eigenvalue weighted by Crippen LogP contribution is 2.28. The van der Waals surface area contributed by atoms with E-state index in [1.807, 2.05) is 6.92 Å². The first-order valence-electron chi connectivity index (χ1n) is 10.3. The van der Waals surface area contributed by atoms with Gasteiger partial charge in [-0.15, -0.1) is 10.2 Å². The molecule has 1 aliphatic rings. The van der Waals surface area contributed by atoms with Crippen LogP contribution in [-0.2, 0) is 4.79 Å². The molecule has 1 saturated carbocycles. The van der Waals surface area contributed by atoms with E-state index in [2.05, 4.69) is 20.5 Å². The molecule has 31 heavy (non-hydrogen) atoms. The van der Waals surface area contributed by atoms with Crippen LogP contribution in [-0.4, -0.2) is 51.2 Å². The van der Waals surface area contributed by atoms with E-state index < -0.39 is 6.09 Å². The number of hydrogen-bond donors (Lipinski definition) is 2. The standard InChI is InChI=1S/C22H24FN5O3/c1-3-19(29)25-13-4-5-14(12-13)28(2)22(30)31-20-9-8-18(26-27-20)15-6-7-17-16(21(15)23)10-11-24-17/h6-11,13-14,24H,3-5,12H2,1-2H3,(H,25,29)/t13-,14+/m0/s1. The minimum absolute atomic E-state index is 0.0123. The predicted molar refractivity (Wildman–Crippen MR) is 113 cm³/mol. The summed E-state index contributed by atoms with van der Waals surface area (Å²) >= 11 is 0. The van der Waals surface area contributed by atoms with Gasteiger partial charge in [0.1, 0.15) is 5.82 Å². The topological polar surface area (TPSA) is 100 Å². The number of benzene rings is 1. The quantitative estimate of drug-likeness (QED) is 0.650. The van der Waals surface area contributed by atoms with Crippen molar-refractivity contribution in [3.8, 4) is 17.1 Å². The van der Waals surface area contributed by atoms with Gasteiger partial charge in [0.25, 0.3) is 0 Å². The molecule has 2 amide bonds. The number of amides is 2. The number of nitrogens with one attached hydrogen (secondary N) is 2. The maximum absolute atomic E-state index is 14.7. The summed E-state index contributed by atoms with van der Waals surface area (Å²) in [6.45, 7) is 1.81. The van der Waals surface area contributed by atoms with Gasteiger partial charge in [0, 0.05) is 54.3 Å². The molecule has 0 bridgehead atoms. The van der Waals surface area contributed by atoms with E-state index in [-0.39, 0.29) is 29.7 Å². The van der Waals surface area contributed by atoms with E-state index in [1.54, 1.807) is 37.5 Å². The van der Waals surface area contributed by atoms with Crippen molar-refractivity contribution < 1.29 is 18.7 Å². The Morgan fingerprint density at radius 3 is 2.81 bits per heavy atom. The van der Waals surface area contributed by atoms with Gasteiger partial charge in [-0.2, -0.15) is 0 Å². The Kier molecular flexibility index (Phi) is 5.83. The summed E-state index contributed by atoms with van der Waals surface area (Å²) in [7, 11) is 1.67. The summed E-state index contributed by atoms with van der Waals surface area (Å²) in [5, 5.41) is 11.4. The number of H-pyrrole nitrogens is 1. The molecule has 0 spiro atoms. The van der Waals surface area contributed by atoms with Gasteiger partial charge in [-0.05, 0) is 43.5 Å². The maximum atomic E-state index is 14.7. The summed E-state index contributed by atoms with van der Waals surface area (Å²) in [6.07, 6.45) is 3.85. The number of hydrogen-bond acceptors (Lipinski definition) is 5. The molecule has 4 rings (SSSR count). The fourth-order valence-corrected chi connectivity index (χ4v) is 3.89. The summed E-state index contributed by atoms with van der Waals surface area (Å²) in [5.74, 6) is -0.334. The van der Waals surface area contributed by atoms with Crippen LogP contribution in [0.15, 0.2) is 36.5 Å². The minimum atomic E-state index is -0.547. The largest absolute Gasteiger partial charge is 0.416 e. The Bertz CT molecular complexity index is 1100. The second kappa shape index (κ2) is 8.71. The normalized spacial score (nSPS) is 18.2. The van der Waals surface area contributed by atoms with E-state index in [0.717, 1.165) is 12.8 Å². The van der Waals surface area contributed by atoms with Crippen LogP contribution in [0, 0.1) is 5.82 Å². The third-order valence-electron chi connectivity index (χ3n) is 5.70. The Balaban J connectivity index is 1.39. The van der Waals surface area contributed by atoms with Gasteiger partial charge in [0.15, 0.2) is 0 Å². The molecule has 0 radical (unpaired) electrons. The third kappa shape index (κ3) is 4.35. The number of carbonyl (C=O) groups is 2. The second-order valence-electron chi connectivity index (χ2n) is 7.69. The van der Waals surface area contributed by atoms with Crippen LogP contribution in [0.4, 0.5) is 9.18 Å². The van der Waals surface area contributed by atoms with Crippen molar-refractivity contribution in [1.82, 2.24) is 25.4 Å². The van der Waals surface area contributed by atoms with Crippen LogP contribution >= 0.6 is 0 Å². The van der Waals surface area contributed by atoms with Gasteiger partial charge in [-0.1, -0.05) is 6.92 Å². The van der Waals surface area contributed by atoms with E-state index in [0.29, 0.717) is 35.0 Å². The number of aromatic nitrogens is 3. The van der Waals surface area contributed by atoms with Crippen LogP contribution < -0.4 is 10.1 Å². The number of nitrogens with zero attached hydrogens (tertiary/aromatic N) is 3. The van der Waals surface area contributed by atoms with Crippen LogP contribution in [0.5, 0.6) is 5.88 Å². The van der Waals surface area contributed by atoms with Gasteiger partial charge in [-0.25, -0.2) is 9.18 Å². The highest BCUT2D eigenvalue weighted by atomic mass is 19.1. The van der Waals surface area contributed by atoms with Crippen molar-refractivity contribution in [3.05, 3.63) is 42.3 Å². The molecule has 1 fully saturated rings. The van der Waals surface area contributed by atoms with Gasteiger partial charge in [0.2, 0.25) is 11.8 Å². The molecule has 8 nitrogen and oxygen atoms in total. The number of ether oxygens (including phenoxy) is 1. The Morgan fingerprint density at radius 2 is 2.06 bits per heavy atom. The molecule has 1 aliphatic carbocycles. The number of rotatable bonds is 5. The number of aromatic amines is 1. The molecule has 3 aromatic rings. The molecule has 0 unspecified atom stereocenters. The maximum Gasteiger partial charge on any atom is 0.416 e. The zero-order valence-electron chi connectivity index (χ0n) is 17.4. The molecule has 2 heterocycles. The average molecular weight is 425 g/mol. The lowest BCUT2D eigenvalue weighted by atomic mass is 10.1. The van der Waals surface area contributed by atoms with Crippen molar-refractivity contribution in [2.75, 3.05) is 7.05 Å². The van der Waals surface area contributed by atoms with Crippen LogP contribution in [0.1, 0.15) is 32.6 Å². The lowest BCUT2D eigenvalue weighted by Crippen LogP contribution is -2.39. The Hall–Kier alpha value is -3.49. The SMILES string of the molecule is CCC(=O)N[C@H]1CC[C@@H](N(C)C(=O)Oc2ccc(-c3ccc4[nH]ccc4c3F)nn2)C1. The van der Waals surface area contributed by atoms with E-state index >= 15 is 0 Å². The summed E-state index contributed by atoms with van der Waals surface area (Å²) in [6, 6.07) is 8.17. The van der Waals surface area contributed by atoms with Crippen molar-refractivity contribution >= 4 is 22.9 Å². The fraction of sp³-hybridized carbons (Fsp3) is 0.364. The number of halogens is 1. The number of fused-ring (bicyclic) bond motifs is 1. The molecule has 2 aromatic heterocycles. The monoisotopic (exact) mass is 425 g/mol. The Labute approximate surface area is 178 Å². The lowest BCUT2D eigenvalue weighted by Gasteiger charge is -2.23. The molecule has 9 heteroatoms. The fourth-order valence-electron chi connectivity index (χ4n) is 3.89. The highest BCUT2D eigenvalue weighted by molar-refractivity contribution is 5.85. The smallest absolute Gasteiger partial charge is 0.389 e. The predicted octanol–water partition coefficient (Wildman–Crippen LogP) is 3.64. The van der Waals surface area contributed by atoms with Crippen molar-refractivity contribution in [3.63, 3.8) is 0 Å². The van der Waals surface area contributed by atoms with Crippen molar-refractivity contribution in [2.45, 2.75) is 44.7 Å². The van der Waals surface area contributed by atoms with Crippen LogP contribution in [0.25, 0.3) is 22.2 Å². The Morgan fingerprint density at radius 1 is 1.23 bits per heavy atom. The molecular formula is C22H24FN5O3. The zero-order chi connectivity index (χ0) is 22.0. The molecule has 0 aliphatic heterocycles. The first-order valence-corrected chi connectivity index (χ1v) is 10.3. The summed E-state index contributed by atoms with van der Waals surface area (Å²) in [5.41, 5.74) is 1.37. The van der Waals surface area contributed by atoms with Crippen LogP contribution in [0.3, 0.4) is 0 Å². The third-order valence-corrected chi connectivity index (χ3v) is 5.70. The molecule has 162 valence electrons. The van der Waals surface area contributed by atoms with Crippen LogP contribution in [0.2, 0.25) is 0 Å². The lowest BCUT2D eigenvalue weighted by molar-refractivity contribution is -0.121. The van der Waals surface area contributed by atoms with Gasteiger partial charge < -0.3 is 19.9 Å². The van der Waals surface area contributed by atoms with E-state index in [1.165, 1.54) is 11.0 Å². The van der Waals surface area contributed by atoms with E-state index in [9.17, 15) is 14.0 Å². The molecule has 0 saturated heterocycles. The molecular weight excluding hydrogens is 401 g/mol. The summed E-state index contributed by atoms with van der Waals surface area (Å²) < 4.78 is 20.0. The molecule has 2 atom stereocenters. The minimum Gasteiger partial charge on any atom is -0.389 e. The zero-order valence-corrected chi connectivity index (χ0v) is 17.4. The first kappa shape index (κ1) is 20.8. The summed E-state index contributed by atoms with van der Waals surface area (Å²) in [4.78, 5) is 28.5. The van der Waals surface area contributed by atoms with Crippen molar-refractivity contribution in [1.29, 1.82) is 0 Å². The first-order chi connectivity index (χ1) is 15.0. The highest BCUT2D eigenvalue weighted by Gasteiger charge is 2.31. The molecule has 2 N–H and O–H groups in total. The van der Waals surface area contributed by atoms with Gasteiger partial charge >= 0.3 is 6.09 Å². The average Bonchev–Trinajstić information content (AvgIpc) is 3.44. The van der Waals surface area contributed by atoms with Crippen molar-refractivity contribution in [2.24, 2.45) is 0 Å². The van der Waals surface area contributed by atoms with Gasteiger partial charge in [0.05, 0.1) is 5.69 Å². The second-order valence-corrected chi connectivity index (χ2v) is 7.69.